The molecule has 0 atom stereocenters. The Kier molecular flexibility index (Phi) is 4.97. The second-order valence-corrected chi connectivity index (χ2v) is 7.93. The van der Waals surface area contributed by atoms with Gasteiger partial charge in [0.05, 0.1) is 33.5 Å². The van der Waals surface area contributed by atoms with E-state index in [-0.39, 0.29) is 28.0 Å². The van der Waals surface area contributed by atoms with Crippen LogP contribution in [0.3, 0.4) is 0 Å². The maximum Gasteiger partial charge on any atom is 0.417 e. The van der Waals surface area contributed by atoms with E-state index in [0.717, 1.165) is 6.07 Å². The fourth-order valence-electron chi connectivity index (χ4n) is 4.06. The summed E-state index contributed by atoms with van der Waals surface area (Å²) < 4.78 is 85.6. The number of alkyl halides is 3. The lowest BCUT2D eigenvalue weighted by molar-refractivity contribution is -0.137. The number of hydrogen-bond acceptors (Lipinski definition) is 3. The summed E-state index contributed by atoms with van der Waals surface area (Å²) in [6.07, 6.45) is -2.18. The molecule has 3 aromatic heterocycles. The number of aromatic nitrogens is 4. The Bertz CT molecular complexity index is 1640. The number of carbonyl (C=O) groups excluding carboxylic acids is 1. The molecule has 0 fully saturated rings. The first-order chi connectivity index (χ1) is 16.5. The SMILES string of the molecule is Cc1nc2cc(-c3nccn4c(C(=O)c5cc(F)c(F)c(F)c5)ccc34)c(C(F)(F)F)cc2n1C. The normalized spacial score (nSPS) is 12.1. The van der Waals surface area contributed by atoms with Gasteiger partial charge < -0.3 is 8.97 Å². The first-order valence-electron chi connectivity index (χ1n) is 10.2. The minimum atomic E-state index is -4.72. The summed E-state index contributed by atoms with van der Waals surface area (Å²) in [5, 5.41) is 0. The summed E-state index contributed by atoms with van der Waals surface area (Å²) in [4.78, 5) is 21.4. The van der Waals surface area contributed by atoms with Gasteiger partial charge in [-0.2, -0.15) is 13.2 Å². The molecule has 2 aromatic carbocycles. The lowest BCUT2D eigenvalue weighted by Crippen LogP contribution is -2.10. The largest absolute Gasteiger partial charge is 0.417 e. The third-order valence-corrected chi connectivity index (χ3v) is 5.86. The molecule has 0 unspecified atom stereocenters. The van der Waals surface area contributed by atoms with E-state index in [1.165, 1.54) is 39.6 Å². The Morgan fingerprint density at radius 3 is 2.31 bits per heavy atom. The summed E-state index contributed by atoms with van der Waals surface area (Å²) in [5.74, 6) is -5.12. The number of ketones is 1. The molecule has 0 aliphatic heterocycles. The first-order valence-corrected chi connectivity index (χ1v) is 10.2. The van der Waals surface area contributed by atoms with Gasteiger partial charge in [0.25, 0.3) is 0 Å². The van der Waals surface area contributed by atoms with Gasteiger partial charge in [-0.1, -0.05) is 0 Å². The van der Waals surface area contributed by atoms with Crippen molar-refractivity contribution in [3.63, 3.8) is 0 Å². The Morgan fingerprint density at radius 2 is 1.66 bits per heavy atom. The molecule has 0 radical (unpaired) electrons. The number of hydrogen-bond donors (Lipinski definition) is 0. The van der Waals surface area contributed by atoms with Crippen molar-refractivity contribution in [3.05, 3.63) is 88.9 Å². The van der Waals surface area contributed by atoms with E-state index < -0.39 is 40.5 Å². The van der Waals surface area contributed by atoms with Gasteiger partial charge in [-0.3, -0.25) is 9.78 Å². The van der Waals surface area contributed by atoms with Crippen molar-refractivity contribution < 1.29 is 31.1 Å². The number of rotatable bonds is 3. The average molecular weight is 488 g/mol. The highest BCUT2D eigenvalue weighted by Crippen LogP contribution is 2.40. The minimum Gasteiger partial charge on any atom is -0.331 e. The Hall–Kier alpha value is -4.15. The zero-order chi connectivity index (χ0) is 25.2. The summed E-state index contributed by atoms with van der Waals surface area (Å²) in [6.45, 7) is 1.66. The molecule has 0 aliphatic rings. The molecule has 0 aliphatic carbocycles. The highest BCUT2D eigenvalue weighted by atomic mass is 19.4. The fourth-order valence-corrected chi connectivity index (χ4v) is 4.06. The molecule has 0 saturated heterocycles. The Morgan fingerprint density at radius 1 is 0.971 bits per heavy atom. The van der Waals surface area contributed by atoms with E-state index in [9.17, 15) is 31.1 Å². The third kappa shape index (κ3) is 3.54. The first kappa shape index (κ1) is 22.6. The second kappa shape index (κ2) is 7.69. The van der Waals surface area contributed by atoms with Crippen molar-refractivity contribution in [3.8, 4) is 11.3 Å². The van der Waals surface area contributed by atoms with Crippen molar-refractivity contribution >= 4 is 22.3 Å². The van der Waals surface area contributed by atoms with Crippen LogP contribution >= 0.6 is 0 Å². The molecule has 5 rings (SSSR count). The molecule has 0 bridgehead atoms. The van der Waals surface area contributed by atoms with Crippen LogP contribution in [-0.2, 0) is 13.2 Å². The number of aryl methyl sites for hydroxylation is 2. The number of carbonyl (C=O) groups is 1. The molecular formula is C24H14F6N4O. The zero-order valence-electron chi connectivity index (χ0n) is 18.1. The van der Waals surface area contributed by atoms with E-state index in [1.54, 1.807) is 14.0 Å². The maximum atomic E-state index is 14.0. The second-order valence-electron chi connectivity index (χ2n) is 7.93. The van der Waals surface area contributed by atoms with Gasteiger partial charge in [-0.15, -0.1) is 0 Å². The lowest BCUT2D eigenvalue weighted by Gasteiger charge is -2.14. The number of imidazole rings is 1. The standard InChI is InChI=1S/C24H14F6N4O/c1-11-32-17-9-13(14(24(28,29)30)10-20(17)33(11)2)22-18-3-4-19(34(18)6-5-31-22)23(35)12-7-15(25)21(27)16(26)8-12/h3-10H,1-2H3. The summed E-state index contributed by atoms with van der Waals surface area (Å²) >= 11 is 0. The highest BCUT2D eigenvalue weighted by Gasteiger charge is 2.35. The van der Waals surface area contributed by atoms with Gasteiger partial charge >= 0.3 is 6.18 Å². The maximum absolute atomic E-state index is 14.0. The monoisotopic (exact) mass is 488 g/mol. The van der Waals surface area contributed by atoms with Crippen molar-refractivity contribution in [2.75, 3.05) is 0 Å². The number of nitrogens with zero attached hydrogens (tertiary/aromatic N) is 4. The minimum absolute atomic E-state index is 0.0689. The van der Waals surface area contributed by atoms with Gasteiger partial charge in [-0.25, -0.2) is 18.2 Å². The number of halogens is 6. The quantitative estimate of drug-likeness (QED) is 0.182. The van der Waals surface area contributed by atoms with E-state index in [2.05, 4.69) is 9.97 Å². The van der Waals surface area contributed by atoms with Gasteiger partial charge in [0.2, 0.25) is 5.78 Å². The molecule has 0 saturated carbocycles. The Labute approximate surface area is 193 Å². The van der Waals surface area contributed by atoms with Crippen LogP contribution in [0.2, 0.25) is 0 Å². The van der Waals surface area contributed by atoms with Crippen LogP contribution in [0.4, 0.5) is 26.3 Å². The molecule has 0 N–H and O–H groups in total. The summed E-state index contributed by atoms with van der Waals surface area (Å²) in [7, 11) is 1.61. The molecule has 35 heavy (non-hydrogen) atoms. The van der Waals surface area contributed by atoms with Crippen LogP contribution < -0.4 is 0 Å². The predicted octanol–water partition coefficient (Wildman–Crippen LogP) is 5.86. The van der Waals surface area contributed by atoms with Crippen LogP contribution in [0.5, 0.6) is 0 Å². The van der Waals surface area contributed by atoms with Crippen LogP contribution in [0.25, 0.3) is 27.8 Å². The molecular weight excluding hydrogens is 474 g/mol. The third-order valence-electron chi connectivity index (χ3n) is 5.86. The van der Waals surface area contributed by atoms with Gasteiger partial charge in [0.1, 0.15) is 5.82 Å². The smallest absolute Gasteiger partial charge is 0.331 e. The van der Waals surface area contributed by atoms with E-state index in [0.29, 0.717) is 23.5 Å². The van der Waals surface area contributed by atoms with Crippen molar-refractivity contribution in [2.24, 2.45) is 7.05 Å². The molecule has 0 spiro atoms. The Balaban J connectivity index is 1.72. The fraction of sp³-hybridized carbons (Fsp3) is 0.125. The van der Waals surface area contributed by atoms with Crippen LogP contribution in [-0.4, -0.2) is 24.7 Å². The van der Waals surface area contributed by atoms with E-state index in [1.807, 2.05) is 0 Å². The molecule has 11 heteroatoms. The van der Waals surface area contributed by atoms with Crippen LogP contribution in [0.1, 0.15) is 27.4 Å². The highest BCUT2D eigenvalue weighted by molar-refractivity contribution is 6.09. The van der Waals surface area contributed by atoms with Crippen LogP contribution in [0.15, 0.2) is 48.8 Å². The van der Waals surface area contributed by atoms with Gasteiger partial charge in [-0.05, 0) is 43.3 Å². The van der Waals surface area contributed by atoms with Gasteiger partial charge in [0, 0.05) is 30.6 Å². The van der Waals surface area contributed by atoms with Crippen molar-refractivity contribution in [2.45, 2.75) is 13.1 Å². The molecule has 178 valence electrons. The van der Waals surface area contributed by atoms with Crippen molar-refractivity contribution in [1.29, 1.82) is 0 Å². The van der Waals surface area contributed by atoms with E-state index in [4.69, 9.17) is 0 Å². The zero-order valence-corrected chi connectivity index (χ0v) is 18.1. The number of benzene rings is 2. The van der Waals surface area contributed by atoms with Crippen LogP contribution in [0, 0.1) is 24.4 Å². The number of fused-ring (bicyclic) bond motifs is 2. The summed E-state index contributed by atoms with van der Waals surface area (Å²) in [5.41, 5.74) is -1.04. The van der Waals surface area contributed by atoms with E-state index >= 15 is 0 Å². The predicted molar refractivity (Wildman–Crippen MR) is 114 cm³/mol. The van der Waals surface area contributed by atoms with Crippen molar-refractivity contribution in [1.82, 2.24) is 18.9 Å². The lowest BCUT2D eigenvalue weighted by atomic mass is 10.0. The van der Waals surface area contributed by atoms with Gasteiger partial charge in [0.15, 0.2) is 17.5 Å². The summed E-state index contributed by atoms with van der Waals surface area (Å²) in [6, 6.07) is 6.06. The molecule has 5 nitrogen and oxygen atoms in total. The average Bonchev–Trinajstić information content (AvgIpc) is 3.35. The molecule has 0 amide bonds. The molecule has 5 aromatic rings. The molecule has 3 heterocycles. The topological polar surface area (TPSA) is 52.2 Å².